The molecule has 0 aromatic heterocycles. The molecule has 8 rings (SSSR count). The summed E-state index contributed by atoms with van der Waals surface area (Å²) in [5.41, 5.74) is 1.02. The Hall–Kier alpha value is -0.610. The maximum atomic E-state index is 11.2. The van der Waals surface area contributed by atoms with Crippen molar-refractivity contribution in [2.45, 2.75) is 141 Å². The molecule has 0 N–H and O–H groups in total. The molecule has 5 saturated carbocycles. The molecule has 3 aliphatic heterocycles. The number of rotatable bonds is 9. The lowest BCUT2D eigenvalue weighted by Crippen LogP contribution is -2.58. The largest absolute Gasteiger partial charge is 0.378 e. The third-order valence-electron chi connectivity index (χ3n) is 16.0. The van der Waals surface area contributed by atoms with Crippen molar-refractivity contribution in [2.24, 2.45) is 45.3 Å². The molecule has 8 unspecified atom stereocenters. The molecule has 46 heavy (non-hydrogen) atoms. The minimum absolute atomic E-state index is 0. The first-order chi connectivity index (χ1) is 22.0. The van der Waals surface area contributed by atoms with E-state index in [1.54, 1.807) is 7.11 Å². The van der Waals surface area contributed by atoms with Crippen molar-refractivity contribution in [1.82, 2.24) is 4.90 Å². The highest BCUT2D eigenvalue weighted by Gasteiger charge is 2.80. The van der Waals surface area contributed by atoms with E-state index < -0.39 is 5.60 Å². The van der Waals surface area contributed by atoms with E-state index in [1.165, 1.54) is 57.8 Å². The van der Waals surface area contributed by atoms with Gasteiger partial charge in [-0.2, -0.15) is 0 Å². The molecule has 3 saturated heterocycles. The van der Waals surface area contributed by atoms with Gasteiger partial charge in [0.15, 0.2) is 6.29 Å². The molecular formula is C38H63NO7. The van der Waals surface area contributed by atoms with Crippen LogP contribution in [0.1, 0.15) is 100 Å². The number of fused-ring (bicyclic) bond motifs is 4. The lowest BCUT2D eigenvalue weighted by molar-refractivity contribution is -0.253. The van der Waals surface area contributed by atoms with Gasteiger partial charge in [0.1, 0.15) is 19.0 Å². The van der Waals surface area contributed by atoms with Gasteiger partial charge in [0.05, 0.1) is 56.3 Å². The van der Waals surface area contributed by atoms with Crippen LogP contribution in [0, 0.1) is 45.3 Å². The van der Waals surface area contributed by atoms with Crippen molar-refractivity contribution in [3.8, 4) is 0 Å². The minimum atomic E-state index is -0.512. The zero-order chi connectivity index (χ0) is 32.1. The number of hydrogen-bond donors (Lipinski definition) is 0. The summed E-state index contributed by atoms with van der Waals surface area (Å²) in [5, 5.41) is 0. The summed E-state index contributed by atoms with van der Waals surface area (Å²) in [7, 11) is 1.74. The topological polar surface area (TPSA) is 75.7 Å². The van der Waals surface area contributed by atoms with Crippen LogP contribution in [0.25, 0.3) is 0 Å². The molecule has 12 atom stereocenters. The number of aldehydes is 1. The molecule has 2 spiro atoms. The molecule has 0 radical (unpaired) electrons. The average Bonchev–Trinajstić information content (AvgIpc) is 3.58. The molecule has 8 aliphatic rings. The second kappa shape index (κ2) is 11.5. The molecule has 3 heterocycles. The SMILES string of the molecule is COC(C)(C)[C@@H](OCC=O)C1CCC2C(CC3C4CCC5C(C)(C)[C@@H](OC6CN(C7COC7)CCO6)CC[C@@]56C[C@@]46CCC23C)O1.[HH]. The van der Waals surface area contributed by atoms with Gasteiger partial charge in [0.2, 0.25) is 0 Å². The van der Waals surface area contributed by atoms with Crippen LogP contribution in [-0.4, -0.2) is 100 Å². The number of carbonyl (C=O) groups is 1. The molecule has 0 aromatic rings. The Morgan fingerprint density at radius 3 is 2.54 bits per heavy atom. The summed E-state index contributed by atoms with van der Waals surface area (Å²) >= 11 is 0. The van der Waals surface area contributed by atoms with Gasteiger partial charge in [-0.25, -0.2) is 0 Å². The Bertz CT molecular complexity index is 1160. The number of morpholine rings is 1. The van der Waals surface area contributed by atoms with Crippen LogP contribution in [0.5, 0.6) is 0 Å². The first-order valence-corrected chi connectivity index (χ1v) is 18.8. The van der Waals surface area contributed by atoms with Gasteiger partial charge in [-0.1, -0.05) is 20.8 Å². The van der Waals surface area contributed by atoms with Gasteiger partial charge in [-0.15, -0.1) is 0 Å². The van der Waals surface area contributed by atoms with Crippen molar-refractivity contribution >= 4 is 6.29 Å². The molecule has 5 aliphatic carbocycles. The standard InChI is InChI=1S/C38H61NO7.H2/c1-34(2)30-10-8-25-27-19-29-26(7-9-28(45-29)33(44-18-16-40)35(3,4)41-6)36(27,5)13-14-37(25)23-38(30,37)12-11-31(34)46-32-20-39(15-17-43-32)24-21-42-22-24;/h16,24-33H,7-15,17-23H2,1-6H3;1H/t25?,26?,27?,28?,29?,30?,31-,32?,33-,36?,37-,38+;/m0./s1. The Labute approximate surface area is 278 Å². The predicted molar refractivity (Wildman–Crippen MR) is 175 cm³/mol. The maximum Gasteiger partial charge on any atom is 0.170 e. The summed E-state index contributed by atoms with van der Waals surface area (Å²) in [6.45, 7) is 16.2. The monoisotopic (exact) mass is 645 g/mol. The van der Waals surface area contributed by atoms with Crippen LogP contribution < -0.4 is 0 Å². The Morgan fingerprint density at radius 1 is 1.00 bits per heavy atom. The molecule has 262 valence electrons. The highest BCUT2D eigenvalue weighted by atomic mass is 16.7. The second-order valence-corrected chi connectivity index (χ2v) is 18.2. The Kier molecular flexibility index (Phi) is 8.12. The molecule has 0 aromatic carbocycles. The first-order valence-electron chi connectivity index (χ1n) is 18.8. The fourth-order valence-electron chi connectivity index (χ4n) is 13.4. The van der Waals surface area contributed by atoms with Crippen molar-refractivity contribution in [2.75, 3.05) is 46.6 Å². The minimum Gasteiger partial charge on any atom is -0.378 e. The number of hydrogen-bond acceptors (Lipinski definition) is 8. The molecule has 8 fully saturated rings. The van der Waals surface area contributed by atoms with Crippen LogP contribution in [0.4, 0.5) is 0 Å². The van der Waals surface area contributed by atoms with E-state index >= 15 is 0 Å². The van der Waals surface area contributed by atoms with Crippen molar-refractivity contribution in [1.29, 1.82) is 0 Å². The van der Waals surface area contributed by atoms with Gasteiger partial charge in [0.25, 0.3) is 0 Å². The Morgan fingerprint density at radius 2 is 1.80 bits per heavy atom. The predicted octanol–water partition coefficient (Wildman–Crippen LogP) is 5.89. The van der Waals surface area contributed by atoms with E-state index in [9.17, 15) is 4.79 Å². The van der Waals surface area contributed by atoms with E-state index in [-0.39, 0.29) is 44.2 Å². The van der Waals surface area contributed by atoms with Gasteiger partial charge >= 0.3 is 0 Å². The maximum absolute atomic E-state index is 11.2. The van der Waals surface area contributed by atoms with E-state index in [0.717, 1.165) is 63.4 Å². The summed E-state index contributed by atoms with van der Waals surface area (Å²) in [6.07, 6.45) is 13.8. The summed E-state index contributed by atoms with van der Waals surface area (Å²) in [5.74, 6) is 2.92. The van der Waals surface area contributed by atoms with Crippen LogP contribution in [0.15, 0.2) is 0 Å². The lowest BCUT2D eigenvalue weighted by atomic mass is 9.46. The molecule has 8 heteroatoms. The fourth-order valence-corrected chi connectivity index (χ4v) is 13.4. The third kappa shape index (κ3) is 4.73. The van der Waals surface area contributed by atoms with Crippen LogP contribution in [0.2, 0.25) is 0 Å². The van der Waals surface area contributed by atoms with Crippen molar-refractivity contribution < 1.29 is 34.6 Å². The van der Waals surface area contributed by atoms with Crippen molar-refractivity contribution in [3.63, 3.8) is 0 Å². The van der Waals surface area contributed by atoms with Gasteiger partial charge in [-0.05, 0) is 123 Å². The van der Waals surface area contributed by atoms with E-state index in [2.05, 4.69) is 39.5 Å². The number of nitrogens with zero attached hydrogens (tertiary/aromatic N) is 1. The van der Waals surface area contributed by atoms with Gasteiger partial charge in [-0.3, -0.25) is 4.90 Å². The highest BCUT2D eigenvalue weighted by molar-refractivity contribution is 5.50. The third-order valence-corrected chi connectivity index (χ3v) is 16.0. The van der Waals surface area contributed by atoms with Crippen molar-refractivity contribution in [3.05, 3.63) is 0 Å². The van der Waals surface area contributed by atoms with E-state index in [1.807, 2.05) is 0 Å². The lowest BCUT2D eigenvalue weighted by Gasteiger charge is -2.60. The van der Waals surface area contributed by atoms with Crippen LogP contribution in [-0.2, 0) is 33.2 Å². The quantitative estimate of drug-likeness (QED) is 0.288. The number of methoxy groups -OCH3 is 1. The Balaban J connectivity index is 0.00000351. The first kappa shape index (κ1) is 32.6. The zero-order valence-electron chi connectivity index (χ0n) is 29.5. The summed E-state index contributed by atoms with van der Waals surface area (Å²) in [6, 6.07) is 0.543. The van der Waals surface area contributed by atoms with Crippen LogP contribution >= 0.6 is 0 Å². The summed E-state index contributed by atoms with van der Waals surface area (Å²) in [4.78, 5) is 13.8. The normalized spacial score (nSPS) is 49.0. The molecular weight excluding hydrogens is 582 g/mol. The molecule has 0 amide bonds. The average molecular weight is 646 g/mol. The molecule has 8 nitrogen and oxygen atoms in total. The number of carbonyl (C=O) groups excluding carboxylic acids is 1. The fraction of sp³-hybridized carbons (Fsp3) is 0.974. The second-order valence-electron chi connectivity index (χ2n) is 18.2. The summed E-state index contributed by atoms with van der Waals surface area (Å²) < 4.78 is 37.6. The number of ether oxygens (including phenoxy) is 6. The smallest absolute Gasteiger partial charge is 0.170 e. The van der Waals surface area contributed by atoms with Gasteiger partial charge < -0.3 is 33.2 Å². The van der Waals surface area contributed by atoms with Crippen LogP contribution in [0.3, 0.4) is 0 Å². The molecule has 0 bridgehead atoms. The van der Waals surface area contributed by atoms with E-state index in [0.29, 0.717) is 28.2 Å². The van der Waals surface area contributed by atoms with E-state index in [4.69, 9.17) is 28.4 Å². The van der Waals surface area contributed by atoms with Gasteiger partial charge in [0, 0.05) is 15.1 Å². The zero-order valence-corrected chi connectivity index (χ0v) is 29.5. The highest BCUT2D eigenvalue weighted by Crippen LogP contribution is 2.87.